The number of rotatable bonds is 6. The molecule has 1 saturated carbocycles. The van der Waals surface area contributed by atoms with E-state index in [9.17, 15) is 4.79 Å². The number of methoxy groups -OCH3 is 1. The Morgan fingerprint density at radius 3 is 3.00 bits per heavy atom. The molecule has 0 unspecified atom stereocenters. The zero-order valence-corrected chi connectivity index (χ0v) is 12.0. The number of carbonyl (C=O) groups excluding carboxylic acids is 1. The molecule has 7 heteroatoms. The molecule has 3 atom stereocenters. The van der Waals surface area contributed by atoms with Gasteiger partial charge in [0.05, 0.1) is 12.0 Å². The molecule has 3 N–H and O–H groups in total. The predicted octanol–water partition coefficient (Wildman–Crippen LogP) is 0.911. The summed E-state index contributed by atoms with van der Waals surface area (Å²) in [4.78, 5) is 15.7. The van der Waals surface area contributed by atoms with Gasteiger partial charge in [-0.3, -0.25) is 4.79 Å². The van der Waals surface area contributed by atoms with Crippen molar-refractivity contribution in [1.29, 1.82) is 0 Å². The fourth-order valence-electron chi connectivity index (χ4n) is 2.69. The second kappa shape index (κ2) is 6.81. The van der Waals surface area contributed by atoms with Crippen LogP contribution >= 0.6 is 0 Å². The van der Waals surface area contributed by atoms with Crippen molar-refractivity contribution >= 4 is 5.91 Å². The van der Waals surface area contributed by atoms with Crippen LogP contribution in [0.25, 0.3) is 0 Å². The molecule has 1 aliphatic rings. The summed E-state index contributed by atoms with van der Waals surface area (Å²) in [6, 6.07) is -0.0351. The molecule has 0 aliphatic heterocycles. The van der Waals surface area contributed by atoms with Crippen LogP contribution in [0.2, 0.25) is 0 Å². The minimum atomic E-state index is -0.236. The van der Waals surface area contributed by atoms with E-state index < -0.39 is 0 Å². The fourth-order valence-corrected chi connectivity index (χ4v) is 2.69. The average molecular weight is 282 g/mol. The third-order valence-corrected chi connectivity index (χ3v) is 3.72. The van der Waals surface area contributed by atoms with Gasteiger partial charge in [-0.2, -0.15) is 4.98 Å². The molecular weight excluding hydrogens is 260 g/mol. The molecule has 1 amide bonds. The molecule has 0 aromatic carbocycles. The number of ether oxygens (including phenoxy) is 1. The van der Waals surface area contributed by atoms with E-state index in [0.717, 1.165) is 25.7 Å². The summed E-state index contributed by atoms with van der Waals surface area (Å²) in [5.74, 6) is 0.671. The molecule has 1 heterocycles. The van der Waals surface area contributed by atoms with Crippen LogP contribution in [0.1, 0.15) is 50.4 Å². The van der Waals surface area contributed by atoms with E-state index in [2.05, 4.69) is 15.5 Å². The third kappa shape index (κ3) is 3.55. The van der Waals surface area contributed by atoms with Crippen molar-refractivity contribution in [3.8, 4) is 0 Å². The zero-order valence-electron chi connectivity index (χ0n) is 12.0. The van der Waals surface area contributed by atoms with E-state index in [4.69, 9.17) is 15.0 Å². The van der Waals surface area contributed by atoms with Crippen molar-refractivity contribution in [2.24, 2.45) is 11.7 Å². The maximum Gasteiger partial charge on any atom is 0.243 e. The molecule has 1 aliphatic carbocycles. The summed E-state index contributed by atoms with van der Waals surface area (Å²) in [5, 5.41) is 7.22. The highest BCUT2D eigenvalue weighted by Gasteiger charge is 2.31. The van der Waals surface area contributed by atoms with Crippen LogP contribution in [-0.4, -0.2) is 29.2 Å². The molecule has 1 fully saturated rings. The van der Waals surface area contributed by atoms with Gasteiger partial charge in [-0.05, 0) is 19.8 Å². The van der Waals surface area contributed by atoms with Crippen molar-refractivity contribution in [1.82, 2.24) is 15.5 Å². The summed E-state index contributed by atoms with van der Waals surface area (Å²) in [6.45, 7) is 2.26. The Morgan fingerprint density at radius 2 is 2.30 bits per heavy atom. The maximum atomic E-state index is 11.5. The van der Waals surface area contributed by atoms with Gasteiger partial charge in [0.15, 0.2) is 5.82 Å². The van der Waals surface area contributed by atoms with Gasteiger partial charge in [0.1, 0.15) is 6.61 Å². The molecule has 2 rings (SSSR count). The number of amides is 1. The van der Waals surface area contributed by atoms with Gasteiger partial charge in [0, 0.05) is 13.2 Å². The van der Waals surface area contributed by atoms with Gasteiger partial charge < -0.3 is 20.3 Å². The highest BCUT2D eigenvalue weighted by molar-refractivity contribution is 5.77. The number of aromatic nitrogens is 2. The Morgan fingerprint density at radius 1 is 1.55 bits per heavy atom. The van der Waals surface area contributed by atoms with Crippen molar-refractivity contribution in [3.05, 3.63) is 11.7 Å². The van der Waals surface area contributed by atoms with Gasteiger partial charge in [-0.15, -0.1) is 0 Å². The fraction of sp³-hybridized carbons (Fsp3) is 0.769. The van der Waals surface area contributed by atoms with Gasteiger partial charge in [0.25, 0.3) is 0 Å². The number of hydrogen-bond acceptors (Lipinski definition) is 6. The Hall–Kier alpha value is -1.47. The predicted molar refractivity (Wildman–Crippen MR) is 71.5 cm³/mol. The lowest BCUT2D eigenvalue weighted by Crippen LogP contribution is -2.45. The van der Waals surface area contributed by atoms with E-state index in [0.29, 0.717) is 18.3 Å². The first kappa shape index (κ1) is 14.9. The topological polar surface area (TPSA) is 103 Å². The number of carbonyl (C=O) groups is 1. The third-order valence-electron chi connectivity index (χ3n) is 3.72. The summed E-state index contributed by atoms with van der Waals surface area (Å²) < 4.78 is 10.1. The van der Waals surface area contributed by atoms with E-state index in [1.165, 1.54) is 0 Å². The quantitative estimate of drug-likeness (QED) is 0.804. The Bertz CT molecular complexity index is 449. The summed E-state index contributed by atoms with van der Waals surface area (Å²) in [5.41, 5.74) is 5.47. The highest BCUT2D eigenvalue weighted by Crippen LogP contribution is 2.26. The van der Waals surface area contributed by atoms with E-state index in [1.54, 1.807) is 7.11 Å². The Balaban J connectivity index is 1.97. The van der Waals surface area contributed by atoms with Crippen LogP contribution < -0.4 is 11.1 Å². The lowest BCUT2D eigenvalue weighted by molar-refractivity contribution is -0.123. The van der Waals surface area contributed by atoms with Crippen molar-refractivity contribution in [3.63, 3.8) is 0 Å². The first-order chi connectivity index (χ1) is 9.61. The monoisotopic (exact) mass is 282 g/mol. The largest absolute Gasteiger partial charge is 0.377 e. The average Bonchev–Trinajstić information content (AvgIpc) is 2.88. The number of nitrogens with zero attached hydrogens (tertiary/aromatic N) is 2. The molecule has 20 heavy (non-hydrogen) atoms. The first-order valence-electron chi connectivity index (χ1n) is 6.98. The highest BCUT2D eigenvalue weighted by atomic mass is 16.5. The first-order valence-corrected chi connectivity index (χ1v) is 6.98. The Labute approximate surface area is 118 Å². The van der Waals surface area contributed by atoms with Crippen molar-refractivity contribution in [2.45, 2.75) is 51.3 Å². The number of primary amides is 1. The number of nitrogens with two attached hydrogens (primary N) is 1. The smallest absolute Gasteiger partial charge is 0.243 e. The van der Waals surface area contributed by atoms with E-state index in [-0.39, 0.29) is 23.9 Å². The van der Waals surface area contributed by atoms with Gasteiger partial charge >= 0.3 is 0 Å². The standard InChI is InChI=1S/C13H22N4O3/c1-8(13-16-11(7-19-2)17-20-13)15-10-6-4-3-5-9(10)12(14)18/h8-10,15H,3-7H2,1-2H3,(H2,14,18)/t8-,9+,10-/m1/s1. The van der Waals surface area contributed by atoms with E-state index >= 15 is 0 Å². The molecule has 1 aromatic rings. The van der Waals surface area contributed by atoms with Gasteiger partial charge in [0.2, 0.25) is 11.8 Å². The molecule has 0 spiro atoms. The normalized spacial score (nSPS) is 24.5. The summed E-state index contributed by atoms with van der Waals surface area (Å²) in [6.07, 6.45) is 3.95. The lowest BCUT2D eigenvalue weighted by Gasteiger charge is -2.31. The zero-order chi connectivity index (χ0) is 14.5. The molecular formula is C13H22N4O3. The molecule has 112 valence electrons. The van der Waals surface area contributed by atoms with Crippen LogP contribution in [0.5, 0.6) is 0 Å². The second-order valence-corrected chi connectivity index (χ2v) is 5.27. The molecule has 7 nitrogen and oxygen atoms in total. The lowest BCUT2D eigenvalue weighted by atomic mass is 9.83. The van der Waals surface area contributed by atoms with Crippen LogP contribution in [0.3, 0.4) is 0 Å². The maximum absolute atomic E-state index is 11.5. The minimum absolute atomic E-state index is 0.0778. The SMILES string of the molecule is COCc1noc([C@@H](C)N[C@@H]2CCCC[C@@H]2C(N)=O)n1. The van der Waals surface area contributed by atoms with Crippen LogP contribution in [0.4, 0.5) is 0 Å². The van der Waals surface area contributed by atoms with Crippen LogP contribution in [0, 0.1) is 5.92 Å². The molecule has 0 bridgehead atoms. The van der Waals surface area contributed by atoms with Crippen LogP contribution in [-0.2, 0) is 16.1 Å². The van der Waals surface area contributed by atoms with E-state index in [1.807, 2.05) is 6.92 Å². The number of nitrogens with one attached hydrogen (secondary N) is 1. The summed E-state index contributed by atoms with van der Waals surface area (Å²) in [7, 11) is 1.58. The van der Waals surface area contributed by atoms with Crippen molar-refractivity contribution < 1.29 is 14.1 Å². The molecule has 0 radical (unpaired) electrons. The van der Waals surface area contributed by atoms with Gasteiger partial charge in [-0.1, -0.05) is 18.0 Å². The molecule has 0 saturated heterocycles. The van der Waals surface area contributed by atoms with Crippen LogP contribution in [0.15, 0.2) is 4.52 Å². The van der Waals surface area contributed by atoms with Gasteiger partial charge in [-0.25, -0.2) is 0 Å². The molecule has 1 aromatic heterocycles. The van der Waals surface area contributed by atoms with Crippen molar-refractivity contribution in [2.75, 3.05) is 7.11 Å². The minimum Gasteiger partial charge on any atom is -0.377 e. The second-order valence-electron chi connectivity index (χ2n) is 5.27. The Kier molecular flexibility index (Phi) is 5.08. The number of hydrogen-bond donors (Lipinski definition) is 2. The summed E-state index contributed by atoms with van der Waals surface area (Å²) >= 11 is 0.